The smallest absolute Gasteiger partial charge is 0.191 e. The maximum atomic E-state index is 4.81. The van der Waals surface area contributed by atoms with Crippen molar-refractivity contribution in [2.45, 2.75) is 84.3 Å². The van der Waals surface area contributed by atoms with Gasteiger partial charge in [-0.05, 0) is 46.5 Å². The van der Waals surface area contributed by atoms with Crippen LogP contribution in [0.25, 0.3) is 0 Å². The highest BCUT2D eigenvalue weighted by atomic mass is 15.3. The van der Waals surface area contributed by atoms with Crippen LogP contribution in [0.5, 0.6) is 0 Å². The summed E-state index contributed by atoms with van der Waals surface area (Å²) in [6.07, 6.45) is 8.05. The fourth-order valence-corrected chi connectivity index (χ4v) is 4.07. The van der Waals surface area contributed by atoms with Crippen molar-refractivity contribution >= 4 is 5.96 Å². The minimum Gasteiger partial charge on any atom is -0.357 e. The van der Waals surface area contributed by atoms with Crippen molar-refractivity contribution in [3.05, 3.63) is 11.6 Å². The van der Waals surface area contributed by atoms with Gasteiger partial charge < -0.3 is 20.1 Å². The third kappa shape index (κ3) is 5.67. The van der Waals surface area contributed by atoms with Crippen LogP contribution >= 0.6 is 0 Å². The maximum absolute atomic E-state index is 4.81. The van der Waals surface area contributed by atoms with Gasteiger partial charge in [-0.1, -0.05) is 6.42 Å². The molecule has 152 valence electrons. The van der Waals surface area contributed by atoms with Crippen LogP contribution in [0.3, 0.4) is 0 Å². The van der Waals surface area contributed by atoms with Crippen molar-refractivity contribution in [2.24, 2.45) is 4.99 Å². The highest BCUT2D eigenvalue weighted by molar-refractivity contribution is 5.80. The van der Waals surface area contributed by atoms with Crippen molar-refractivity contribution in [3.8, 4) is 0 Å². The molecule has 0 radical (unpaired) electrons. The molecule has 0 atom stereocenters. The van der Waals surface area contributed by atoms with Crippen LogP contribution in [0.1, 0.15) is 64.5 Å². The molecule has 0 aromatic carbocycles. The summed E-state index contributed by atoms with van der Waals surface area (Å²) in [6, 6.07) is 1.16. The van der Waals surface area contributed by atoms with E-state index in [0.717, 1.165) is 50.1 Å². The summed E-state index contributed by atoms with van der Waals surface area (Å²) in [4.78, 5) is 7.36. The number of likely N-dealkylation sites (tertiary alicyclic amines) is 1. The van der Waals surface area contributed by atoms with E-state index in [1.165, 1.54) is 45.2 Å². The molecule has 2 aliphatic heterocycles. The molecule has 0 spiro atoms. The van der Waals surface area contributed by atoms with Crippen LogP contribution in [0, 0.1) is 0 Å². The summed E-state index contributed by atoms with van der Waals surface area (Å²) in [5.74, 6) is 3.20. The zero-order chi connectivity index (χ0) is 19.1. The lowest BCUT2D eigenvalue weighted by Crippen LogP contribution is -2.49. The molecule has 3 rings (SSSR count). The Bertz CT molecular complexity index is 599. The molecule has 0 bridgehead atoms. The number of fused-ring (bicyclic) bond motifs is 1. The number of aromatic nitrogens is 3. The Morgan fingerprint density at radius 2 is 1.96 bits per heavy atom. The Kier molecular flexibility index (Phi) is 7.50. The molecule has 1 aromatic rings. The Labute approximate surface area is 164 Å². The van der Waals surface area contributed by atoms with Gasteiger partial charge in [-0.2, -0.15) is 0 Å². The molecule has 27 heavy (non-hydrogen) atoms. The Balaban J connectivity index is 1.51. The minimum absolute atomic E-state index is 0.516. The average Bonchev–Trinajstić information content (AvgIpc) is 2.89. The number of piperidine rings is 1. The average molecular weight is 376 g/mol. The third-order valence-corrected chi connectivity index (χ3v) is 5.74. The number of aryl methyl sites for hydroxylation is 1. The molecule has 2 aliphatic rings. The second-order valence-electron chi connectivity index (χ2n) is 8.05. The standard InChI is InChI=1S/C20H37N7/c1-4-21-20(23-17-10-14-26(15-11-17)16(2)3)22-12-9-19-25-24-18-8-6-5-7-13-27(18)19/h16-17H,4-15H2,1-3H3,(H2,21,22,23). The van der Waals surface area contributed by atoms with Crippen molar-refractivity contribution in [1.82, 2.24) is 30.3 Å². The number of aliphatic imine (C=N–C) groups is 1. The first-order valence-electron chi connectivity index (χ1n) is 10.9. The van der Waals surface area contributed by atoms with Crippen molar-refractivity contribution in [2.75, 3.05) is 26.2 Å². The number of nitrogens with zero attached hydrogens (tertiary/aromatic N) is 5. The predicted octanol–water partition coefficient (Wildman–Crippen LogP) is 1.97. The van der Waals surface area contributed by atoms with Gasteiger partial charge in [0.1, 0.15) is 11.6 Å². The minimum atomic E-state index is 0.516. The van der Waals surface area contributed by atoms with Gasteiger partial charge in [0.2, 0.25) is 0 Å². The molecule has 1 fully saturated rings. The van der Waals surface area contributed by atoms with Crippen LogP contribution < -0.4 is 10.6 Å². The van der Waals surface area contributed by atoms with Crippen LogP contribution in [0.4, 0.5) is 0 Å². The number of hydrogen-bond acceptors (Lipinski definition) is 4. The van der Waals surface area contributed by atoms with E-state index in [4.69, 9.17) is 4.99 Å². The quantitative estimate of drug-likeness (QED) is 0.588. The lowest BCUT2D eigenvalue weighted by atomic mass is 10.0. The molecule has 3 heterocycles. The summed E-state index contributed by atoms with van der Waals surface area (Å²) >= 11 is 0. The summed E-state index contributed by atoms with van der Waals surface area (Å²) in [5.41, 5.74) is 0. The highest BCUT2D eigenvalue weighted by Crippen LogP contribution is 2.15. The molecule has 0 amide bonds. The molecule has 0 saturated carbocycles. The molecule has 2 N–H and O–H groups in total. The number of nitrogens with one attached hydrogen (secondary N) is 2. The van der Waals surface area contributed by atoms with Crippen LogP contribution in [0.2, 0.25) is 0 Å². The first-order chi connectivity index (χ1) is 13.2. The topological polar surface area (TPSA) is 70.4 Å². The van der Waals surface area contributed by atoms with Gasteiger partial charge in [0.15, 0.2) is 5.96 Å². The number of hydrogen-bond donors (Lipinski definition) is 2. The summed E-state index contributed by atoms with van der Waals surface area (Å²) in [5, 5.41) is 15.9. The van der Waals surface area contributed by atoms with E-state index in [9.17, 15) is 0 Å². The molecular weight excluding hydrogens is 338 g/mol. The maximum Gasteiger partial charge on any atom is 0.191 e. The third-order valence-electron chi connectivity index (χ3n) is 5.74. The van der Waals surface area contributed by atoms with E-state index in [-0.39, 0.29) is 0 Å². The lowest BCUT2D eigenvalue weighted by molar-refractivity contribution is 0.167. The summed E-state index contributed by atoms with van der Waals surface area (Å²) < 4.78 is 2.32. The predicted molar refractivity (Wildman–Crippen MR) is 110 cm³/mol. The van der Waals surface area contributed by atoms with Crippen molar-refractivity contribution < 1.29 is 0 Å². The molecule has 0 unspecified atom stereocenters. The molecule has 7 nitrogen and oxygen atoms in total. The molecule has 0 aliphatic carbocycles. The number of guanidine groups is 1. The van der Waals surface area contributed by atoms with Gasteiger partial charge >= 0.3 is 0 Å². The molecule has 7 heteroatoms. The van der Waals surface area contributed by atoms with E-state index >= 15 is 0 Å². The van der Waals surface area contributed by atoms with E-state index in [1.807, 2.05) is 0 Å². The van der Waals surface area contributed by atoms with Gasteiger partial charge in [0, 0.05) is 57.6 Å². The first kappa shape index (κ1) is 20.1. The van der Waals surface area contributed by atoms with E-state index in [0.29, 0.717) is 12.1 Å². The van der Waals surface area contributed by atoms with Crippen LogP contribution in [-0.4, -0.2) is 63.9 Å². The Morgan fingerprint density at radius 1 is 1.15 bits per heavy atom. The zero-order valence-corrected chi connectivity index (χ0v) is 17.4. The largest absolute Gasteiger partial charge is 0.357 e. The Hall–Kier alpha value is -1.63. The second kappa shape index (κ2) is 10.1. The van der Waals surface area contributed by atoms with Gasteiger partial charge in [-0.15, -0.1) is 10.2 Å². The summed E-state index contributed by atoms with van der Waals surface area (Å²) in [6.45, 7) is 11.7. The first-order valence-corrected chi connectivity index (χ1v) is 10.9. The fourth-order valence-electron chi connectivity index (χ4n) is 4.07. The van der Waals surface area contributed by atoms with Crippen molar-refractivity contribution in [1.29, 1.82) is 0 Å². The normalized spacial score (nSPS) is 19.8. The van der Waals surface area contributed by atoms with E-state index in [1.54, 1.807) is 0 Å². The SMILES string of the molecule is CCNC(=NCCc1nnc2n1CCCCC2)NC1CCN(C(C)C)CC1. The second-order valence-corrected chi connectivity index (χ2v) is 8.05. The molecule has 1 saturated heterocycles. The van der Waals surface area contributed by atoms with Crippen LogP contribution in [0.15, 0.2) is 4.99 Å². The van der Waals surface area contributed by atoms with Crippen LogP contribution in [-0.2, 0) is 19.4 Å². The molecular formula is C20H37N7. The number of rotatable bonds is 6. The Morgan fingerprint density at radius 3 is 2.70 bits per heavy atom. The zero-order valence-electron chi connectivity index (χ0n) is 17.4. The van der Waals surface area contributed by atoms with Crippen molar-refractivity contribution in [3.63, 3.8) is 0 Å². The lowest BCUT2D eigenvalue weighted by Gasteiger charge is -2.35. The van der Waals surface area contributed by atoms with Gasteiger partial charge in [-0.25, -0.2) is 0 Å². The van der Waals surface area contributed by atoms with E-state index < -0.39 is 0 Å². The molecule has 1 aromatic heterocycles. The van der Waals surface area contributed by atoms with Gasteiger partial charge in [-0.3, -0.25) is 4.99 Å². The monoisotopic (exact) mass is 375 g/mol. The van der Waals surface area contributed by atoms with E-state index in [2.05, 4.69) is 51.1 Å². The van der Waals surface area contributed by atoms with Gasteiger partial charge in [0.25, 0.3) is 0 Å². The van der Waals surface area contributed by atoms with Gasteiger partial charge in [0.05, 0.1) is 0 Å². The highest BCUT2D eigenvalue weighted by Gasteiger charge is 2.21. The summed E-state index contributed by atoms with van der Waals surface area (Å²) in [7, 11) is 0. The fraction of sp³-hybridized carbons (Fsp3) is 0.850.